The second-order valence-corrected chi connectivity index (χ2v) is 22.9. The van der Waals surface area contributed by atoms with E-state index in [2.05, 4.69) is 29.0 Å². The lowest BCUT2D eigenvalue weighted by molar-refractivity contribution is -0.170. The van der Waals surface area contributed by atoms with Crippen molar-refractivity contribution in [3.63, 3.8) is 0 Å². The Morgan fingerprint density at radius 2 is 1.62 bits per heavy atom. The van der Waals surface area contributed by atoms with Gasteiger partial charge in [0, 0.05) is 107 Å². The van der Waals surface area contributed by atoms with Crippen molar-refractivity contribution in [1.82, 2.24) is 9.80 Å². The number of carbonyl (C=O) groups excluding carboxylic acids is 4. The van der Waals surface area contributed by atoms with Gasteiger partial charge < -0.3 is 54.3 Å². The summed E-state index contributed by atoms with van der Waals surface area (Å²) in [5.41, 5.74) is 0.287. The number of anilines is 2. The number of halogens is 1. The van der Waals surface area contributed by atoms with Gasteiger partial charge in [-0.2, -0.15) is 0 Å². The standard InChI is InChI=1S/C60H79FN6O11/c1-12-42(57(73)67-25-14-24-66(28-29-67)41-19-17-40(61)18-20-41)58(74)77-53-37(7)43(75-11)21-30-76-59(10)55(71)46-44-45(51(69)39(9)54(46)78-59)52(70)49(48-47(44)63-60(64-48)22-26-65(27-23-60)32-33(2)3)62-56(72)35(5)16-13-15-34(4)31-36(6)50(68)38(53)8/h13,15-21,30,33-34,36-38,42-43,50,53,68-70H,12,14,22-29,31-32H2,1-11H3,(H,62,72)/b15-13+,30-21+,35-16-/t34?,36-,37-,38-,42?,43+,50?,53?,59?/m1/s1. The summed E-state index contributed by atoms with van der Waals surface area (Å²) >= 11 is 0. The Labute approximate surface area is 456 Å². The summed E-state index contributed by atoms with van der Waals surface area (Å²) in [6.07, 6.45) is 7.70. The lowest BCUT2D eigenvalue weighted by Crippen LogP contribution is -2.47. The molecule has 0 aliphatic carbocycles. The fraction of sp³-hybridized carbons (Fsp3) is 0.567. The van der Waals surface area contributed by atoms with E-state index in [4.69, 9.17) is 28.9 Å². The number of aromatic hydroxyl groups is 2. The largest absolute Gasteiger partial charge is 0.507 e. The molecule has 9 rings (SSSR count). The molecule has 422 valence electrons. The number of aliphatic hydroxyl groups excluding tert-OH is 1. The van der Waals surface area contributed by atoms with Gasteiger partial charge in [-0.3, -0.25) is 29.2 Å². The second kappa shape index (κ2) is 23.5. The molecule has 1 spiro atoms. The molecule has 0 aromatic heterocycles. The number of piperidine rings is 1. The van der Waals surface area contributed by atoms with Crippen LogP contribution in [0.15, 0.2) is 70.4 Å². The number of benzene rings is 3. The third-order valence-corrected chi connectivity index (χ3v) is 16.6. The number of phenolic OH excluding ortho intramolecular Hbond substituents is 2. The maximum Gasteiger partial charge on any atom is 0.318 e. The van der Waals surface area contributed by atoms with Crippen LogP contribution in [0.5, 0.6) is 17.2 Å². The van der Waals surface area contributed by atoms with E-state index in [0.717, 1.165) is 12.2 Å². The monoisotopic (exact) mass is 1080 g/mol. The molecule has 3 aromatic carbocycles. The van der Waals surface area contributed by atoms with E-state index in [1.54, 1.807) is 63.0 Å². The highest BCUT2D eigenvalue weighted by Crippen LogP contribution is 2.50. The van der Waals surface area contributed by atoms with Crippen LogP contribution in [0.25, 0.3) is 10.8 Å². The Kier molecular flexibility index (Phi) is 17.4. The number of amides is 2. The Balaban J connectivity index is 1.15. The molecule has 2 saturated heterocycles. The number of fused-ring (bicyclic) bond motifs is 13. The quantitative estimate of drug-likeness (QED) is 0.0971. The Morgan fingerprint density at radius 1 is 0.923 bits per heavy atom. The lowest BCUT2D eigenvalue weighted by atomic mass is 9.79. The smallest absolute Gasteiger partial charge is 0.318 e. The molecule has 2 fully saturated rings. The zero-order valence-electron chi connectivity index (χ0n) is 47.1. The first-order chi connectivity index (χ1) is 37.0. The van der Waals surface area contributed by atoms with E-state index in [1.807, 2.05) is 26.8 Å². The predicted molar refractivity (Wildman–Crippen MR) is 294 cm³/mol. The summed E-state index contributed by atoms with van der Waals surface area (Å²) in [5, 5.41) is 39.7. The van der Waals surface area contributed by atoms with Gasteiger partial charge in [0.15, 0.2) is 11.4 Å². The first-order valence-electron chi connectivity index (χ1n) is 27.7. The second-order valence-electron chi connectivity index (χ2n) is 22.9. The van der Waals surface area contributed by atoms with E-state index in [1.165, 1.54) is 32.4 Å². The molecular formula is C60H79FN6O11. The number of Topliss-reactive ketones (excluding diaryl/α,β-unsaturated/α-hetero) is 1. The van der Waals surface area contributed by atoms with Gasteiger partial charge in [-0.1, -0.05) is 66.7 Å². The van der Waals surface area contributed by atoms with Crippen LogP contribution < -0.4 is 25.7 Å². The molecule has 6 aliphatic heterocycles. The van der Waals surface area contributed by atoms with E-state index >= 15 is 4.79 Å². The van der Waals surface area contributed by atoms with Crippen LogP contribution in [0.2, 0.25) is 0 Å². The fourth-order valence-electron chi connectivity index (χ4n) is 12.0. The maximum absolute atomic E-state index is 15.0. The molecule has 6 aliphatic rings. The van der Waals surface area contributed by atoms with Gasteiger partial charge in [0.25, 0.3) is 11.7 Å². The Morgan fingerprint density at radius 3 is 2.28 bits per heavy atom. The molecule has 78 heavy (non-hydrogen) atoms. The number of likely N-dealkylation sites (tertiary alicyclic amines) is 1. The van der Waals surface area contributed by atoms with E-state index in [9.17, 15) is 34.1 Å². The summed E-state index contributed by atoms with van der Waals surface area (Å²) in [5.74, 6) is -7.92. The highest BCUT2D eigenvalue weighted by Gasteiger charge is 2.50. The van der Waals surface area contributed by atoms with E-state index < -0.39 is 70.9 Å². The third-order valence-electron chi connectivity index (χ3n) is 16.6. The highest BCUT2D eigenvalue weighted by atomic mass is 19.1. The van der Waals surface area contributed by atoms with Crippen LogP contribution >= 0.6 is 0 Å². The fourth-order valence-corrected chi connectivity index (χ4v) is 12.0. The minimum absolute atomic E-state index is 0.0182. The summed E-state index contributed by atoms with van der Waals surface area (Å²) in [6, 6.07) is 6.24. The number of methoxy groups -OCH3 is 1. The molecule has 17 nitrogen and oxygen atoms in total. The van der Waals surface area contributed by atoms with Crippen LogP contribution in [0.4, 0.5) is 15.8 Å². The van der Waals surface area contributed by atoms with Crippen molar-refractivity contribution >= 4 is 45.7 Å². The van der Waals surface area contributed by atoms with E-state index in [0.29, 0.717) is 76.4 Å². The minimum Gasteiger partial charge on any atom is -0.507 e. The molecule has 5 unspecified atom stereocenters. The first kappa shape index (κ1) is 57.8. The molecule has 4 N–H and O–H groups in total. The van der Waals surface area contributed by atoms with E-state index in [-0.39, 0.29) is 79.8 Å². The number of esters is 1. The number of allylic oxidation sites excluding steroid dienone is 3. The number of rotatable bonds is 8. The average molecular weight is 1080 g/mol. The predicted octanol–water partition coefficient (Wildman–Crippen LogP) is 7.66. The molecule has 9 atom stereocenters. The van der Waals surface area contributed by atoms with Gasteiger partial charge >= 0.3 is 11.8 Å². The number of nitrogens with zero attached hydrogens (tertiary/aromatic N) is 5. The highest BCUT2D eigenvalue weighted by molar-refractivity contribution is 6.19. The van der Waals surface area contributed by atoms with Crippen LogP contribution in [-0.4, -0.2) is 131 Å². The number of nitrogens with one attached hydrogen (secondary N) is 1. The normalized spacial score (nSPS) is 28.9. The van der Waals surface area contributed by atoms with Gasteiger partial charge in [-0.25, -0.2) is 4.39 Å². The summed E-state index contributed by atoms with van der Waals surface area (Å²) in [7, 11) is 1.48. The van der Waals surface area contributed by atoms with Gasteiger partial charge in [0.2, 0.25) is 5.91 Å². The Bertz CT molecular complexity index is 3010. The van der Waals surface area contributed by atoms with Crippen LogP contribution in [0.3, 0.4) is 0 Å². The molecule has 6 heterocycles. The number of hydrogen-bond donors (Lipinski definition) is 4. The number of ketones is 1. The molecule has 0 saturated carbocycles. The van der Waals surface area contributed by atoms with Gasteiger partial charge in [0.05, 0.1) is 34.8 Å². The van der Waals surface area contributed by atoms with Crippen LogP contribution in [0.1, 0.15) is 110 Å². The summed E-state index contributed by atoms with van der Waals surface area (Å²) < 4.78 is 38.9. The molecule has 3 aromatic rings. The van der Waals surface area contributed by atoms with Gasteiger partial charge in [0.1, 0.15) is 40.4 Å². The van der Waals surface area contributed by atoms with Crippen molar-refractivity contribution in [3.8, 4) is 17.2 Å². The molecule has 5 bridgehead atoms. The lowest BCUT2D eigenvalue weighted by Gasteiger charge is -2.37. The number of ether oxygens (including phenoxy) is 4. The van der Waals surface area contributed by atoms with Crippen LogP contribution in [0, 0.1) is 48.2 Å². The molecule has 2 amide bonds. The van der Waals surface area contributed by atoms with Crippen molar-refractivity contribution in [3.05, 3.63) is 88.1 Å². The number of carbonyl (C=O) groups is 4. The van der Waals surface area contributed by atoms with Gasteiger partial charge in [-0.15, -0.1) is 0 Å². The van der Waals surface area contributed by atoms with Crippen molar-refractivity contribution in [2.75, 3.05) is 63.1 Å². The molecule has 0 radical (unpaired) electrons. The summed E-state index contributed by atoms with van der Waals surface area (Å²) in [4.78, 5) is 74.5. The van der Waals surface area contributed by atoms with Crippen molar-refractivity contribution in [2.24, 2.45) is 45.5 Å². The maximum atomic E-state index is 15.0. The number of aliphatic hydroxyl groups is 1. The van der Waals surface area contributed by atoms with Gasteiger partial charge in [-0.05, 0) is 81.2 Å². The van der Waals surface area contributed by atoms with Crippen LogP contribution in [-0.2, 0) is 28.6 Å². The summed E-state index contributed by atoms with van der Waals surface area (Å²) in [6.45, 7) is 22.4. The molecular weight excluding hydrogens is 1000 g/mol. The zero-order chi connectivity index (χ0) is 56.5. The SMILES string of the molecule is CCC(C(=O)OC1[C@H](C)C(O)[C@H](C)CC(C)/C=C/C=C(/C)C(=O)Nc2c(O)c3c(O)c(C)c4c(c3c3c2=NC2(CCN(CC(C)C)CC2)N=3)C(=O)C(C)(O/C=C/[C@H](OC)[C@H]1C)O4)C(=O)N1CCCN(c2ccc(F)cc2)CC1. The van der Waals surface area contributed by atoms with Crippen molar-refractivity contribution in [1.29, 1.82) is 0 Å². The number of phenols is 2. The zero-order valence-corrected chi connectivity index (χ0v) is 47.1. The Hall–Kier alpha value is -6.37. The first-order valence-corrected chi connectivity index (χ1v) is 27.7. The average Bonchev–Trinajstić information content (AvgIpc) is 4.01. The topological polar surface area (TPSA) is 212 Å². The van der Waals surface area contributed by atoms with Crippen molar-refractivity contribution < 1.29 is 57.8 Å². The number of hydrogen-bond acceptors (Lipinski definition) is 15. The molecule has 18 heteroatoms. The third kappa shape index (κ3) is 11.5. The minimum atomic E-state index is -2.01. The van der Waals surface area contributed by atoms with Crippen molar-refractivity contribution in [2.45, 2.75) is 131 Å².